The van der Waals surface area contributed by atoms with Gasteiger partial charge in [0.15, 0.2) is 0 Å². The average Bonchev–Trinajstić information content (AvgIpc) is 2.46. The minimum absolute atomic E-state index is 0.688. The molecule has 0 bridgehead atoms. The molecule has 0 saturated carbocycles. The van der Waals surface area contributed by atoms with E-state index in [9.17, 15) is 0 Å². The first kappa shape index (κ1) is 17.0. The second-order valence-corrected chi connectivity index (χ2v) is 5.54. The van der Waals surface area contributed by atoms with Gasteiger partial charge in [-0.1, -0.05) is 64.0 Å². The molecule has 0 saturated heterocycles. The van der Waals surface area contributed by atoms with Gasteiger partial charge in [0.2, 0.25) is 0 Å². The lowest BCUT2D eigenvalue weighted by Gasteiger charge is -2.08. The fraction of sp³-hybridized carbons (Fsp3) is 0.667. The third kappa shape index (κ3) is 8.21. The van der Waals surface area contributed by atoms with Gasteiger partial charge in [0.05, 0.1) is 6.61 Å². The lowest BCUT2D eigenvalue weighted by molar-refractivity contribution is 0.185. The number of nitrogens with one attached hydrogen (secondary N) is 1. The first-order valence-corrected chi connectivity index (χ1v) is 8.18. The highest BCUT2D eigenvalue weighted by atomic mass is 16.5. The number of anilines is 1. The van der Waals surface area contributed by atoms with Crippen LogP contribution in [0.5, 0.6) is 0 Å². The Kier molecular flexibility index (Phi) is 10.0. The molecule has 0 radical (unpaired) electrons. The average molecular weight is 277 g/mol. The molecule has 0 aliphatic heterocycles. The van der Waals surface area contributed by atoms with Crippen LogP contribution in [-0.4, -0.2) is 13.7 Å². The summed E-state index contributed by atoms with van der Waals surface area (Å²) >= 11 is 0. The van der Waals surface area contributed by atoms with Crippen molar-refractivity contribution in [3.8, 4) is 0 Å². The fourth-order valence-electron chi connectivity index (χ4n) is 2.43. The Balaban J connectivity index is 2.02. The van der Waals surface area contributed by atoms with E-state index in [-0.39, 0.29) is 0 Å². The van der Waals surface area contributed by atoms with Gasteiger partial charge in [0.25, 0.3) is 0 Å². The van der Waals surface area contributed by atoms with Gasteiger partial charge in [-0.15, -0.1) is 0 Å². The Morgan fingerprint density at radius 1 is 0.950 bits per heavy atom. The van der Waals surface area contributed by atoms with Gasteiger partial charge < -0.3 is 10.1 Å². The smallest absolute Gasteiger partial charge is 0.0713 e. The molecule has 1 N–H and O–H groups in total. The van der Waals surface area contributed by atoms with E-state index in [0.29, 0.717) is 6.61 Å². The number of methoxy groups -OCH3 is 1. The maximum Gasteiger partial charge on any atom is 0.0713 e. The van der Waals surface area contributed by atoms with Gasteiger partial charge in [0.1, 0.15) is 0 Å². The molecule has 0 unspecified atom stereocenters. The van der Waals surface area contributed by atoms with Gasteiger partial charge in [0, 0.05) is 19.3 Å². The van der Waals surface area contributed by atoms with Crippen molar-refractivity contribution in [2.45, 2.75) is 64.9 Å². The molecular formula is C18H31NO. The van der Waals surface area contributed by atoms with E-state index >= 15 is 0 Å². The van der Waals surface area contributed by atoms with Crippen molar-refractivity contribution < 1.29 is 4.74 Å². The topological polar surface area (TPSA) is 21.3 Å². The van der Waals surface area contributed by atoms with Crippen molar-refractivity contribution in [2.24, 2.45) is 0 Å². The molecule has 0 heterocycles. The van der Waals surface area contributed by atoms with Crippen molar-refractivity contribution in [2.75, 3.05) is 19.0 Å². The molecule has 0 aromatic heterocycles. The van der Waals surface area contributed by atoms with Gasteiger partial charge in [-0.05, 0) is 24.1 Å². The summed E-state index contributed by atoms with van der Waals surface area (Å²) in [4.78, 5) is 0. The van der Waals surface area contributed by atoms with Crippen molar-refractivity contribution in [3.63, 3.8) is 0 Å². The second kappa shape index (κ2) is 11.8. The summed E-state index contributed by atoms with van der Waals surface area (Å²) in [6, 6.07) is 8.49. The van der Waals surface area contributed by atoms with Crippen molar-refractivity contribution in [1.82, 2.24) is 0 Å². The summed E-state index contributed by atoms with van der Waals surface area (Å²) in [5.74, 6) is 0. The maximum absolute atomic E-state index is 5.15. The third-order valence-electron chi connectivity index (χ3n) is 3.60. The van der Waals surface area contributed by atoms with Gasteiger partial charge in [-0.3, -0.25) is 0 Å². The summed E-state index contributed by atoms with van der Waals surface area (Å²) in [5, 5.41) is 3.50. The van der Waals surface area contributed by atoms with Gasteiger partial charge in [-0.25, -0.2) is 0 Å². The third-order valence-corrected chi connectivity index (χ3v) is 3.60. The molecule has 2 nitrogen and oxygen atoms in total. The zero-order valence-electron chi connectivity index (χ0n) is 13.3. The first-order chi connectivity index (χ1) is 9.86. The highest BCUT2D eigenvalue weighted by Gasteiger charge is 1.96. The normalized spacial score (nSPS) is 10.7. The molecule has 0 spiro atoms. The summed E-state index contributed by atoms with van der Waals surface area (Å²) in [6.07, 6.45) is 11.0. The zero-order valence-corrected chi connectivity index (χ0v) is 13.3. The van der Waals surface area contributed by atoms with E-state index in [1.54, 1.807) is 7.11 Å². The lowest BCUT2D eigenvalue weighted by Crippen LogP contribution is -2.02. The van der Waals surface area contributed by atoms with E-state index in [4.69, 9.17) is 4.74 Å². The maximum atomic E-state index is 5.15. The summed E-state index contributed by atoms with van der Waals surface area (Å²) in [6.45, 7) is 4.03. The minimum Gasteiger partial charge on any atom is -0.385 e. The Bertz CT molecular complexity index is 338. The molecule has 1 aromatic rings. The number of rotatable bonds is 12. The SMILES string of the molecule is CCCCCCCCCCNc1cccc(COC)c1. The van der Waals surface area contributed by atoms with Crippen molar-refractivity contribution in [1.29, 1.82) is 0 Å². The van der Waals surface area contributed by atoms with Crippen molar-refractivity contribution >= 4 is 5.69 Å². The number of hydrogen-bond acceptors (Lipinski definition) is 2. The second-order valence-electron chi connectivity index (χ2n) is 5.54. The largest absolute Gasteiger partial charge is 0.385 e. The van der Waals surface area contributed by atoms with Gasteiger partial charge in [-0.2, -0.15) is 0 Å². The van der Waals surface area contributed by atoms with Crippen LogP contribution in [0.1, 0.15) is 63.9 Å². The first-order valence-electron chi connectivity index (χ1n) is 8.18. The van der Waals surface area contributed by atoms with Crippen LogP contribution in [0.2, 0.25) is 0 Å². The van der Waals surface area contributed by atoms with Crippen LogP contribution < -0.4 is 5.32 Å². The molecular weight excluding hydrogens is 246 g/mol. The molecule has 0 fully saturated rings. The molecule has 0 atom stereocenters. The van der Waals surface area contributed by atoms with E-state index in [1.807, 2.05) is 0 Å². The van der Waals surface area contributed by atoms with E-state index in [2.05, 4.69) is 36.5 Å². The number of benzene rings is 1. The van der Waals surface area contributed by atoms with E-state index in [1.165, 1.54) is 62.6 Å². The quantitative estimate of drug-likeness (QED) is 0.517. The Morgan fingerprint density at radius 3 is 2.35 bits per heavy atom. The molecule has 0 amide bonds. The Morgan fingerprint density at radius 2 is 1.65 bits per heavy atom. The summed E-state index contributed by atoms with van der Waals surface area (Å²) in [7, 11) is 1.74. The van der Waals surface area contributed by atoms with Gasteiger partial charge >= 0.3 is 0 Å². The molecule has 2 heteroatoms. The Labute approximate surface area is 124 Å². The van der Waals surface area contributed by atoms with Crippen molar-refractivity contribution in [3.05, 3.63) is 29.8 Å². The molecule has 1 aromatic carbocycles. The molecule has 20 heavy (non-hydrogen) atoms. The molecule has 0 aliphatic rings. The highest BCUT2D eigenvalue weighted by Crippen LogP contribution is 2.12. The summed E-state index contributed by atoms with van der Waals surface area (Å²) < 4.78 is 5.15. The van der Waals surface area contributed by atoms with Crippen LogP contribution >= 0.6 is 0 Å². The fourth-order valence-corrected chi connectivity index (χ4v) is 2.43. The Hall–Kier alpha value is -1.02. The number of hydrogen-bond donors (Lipinski definition) is 1. The van der Waals surface area contributed by atoms with Crippen LogP contribution in [-0.2, 0) is 11.3 Å². The van der Waals surface area contributed by atoms with E-state index < -0.39 is 0 Å². The number of ether oxygens (including phenoxy) is 1. The van der Waals surface area contributed by atoms with Crippen LogP contribution in [0.4, 0.5) is 5.69 Å². The monoisotopic (exact) mass is 277 g/mol. The number of unbranched alkanes of at least 4 members (excludes halogenated alkanes) is 7. The van der Waals surface area contributed by atoms with E-state index in [0.717, 1.165) is 6.54 Å². The molecule has 0 aliphatic carbocycles. The summed E-state index contributed by atoms with van der Waals surface area (Å²) in [5.41, 5.74) is 2.44. The predicted molar refractivity (Wildman–Crippen MR) is 88.3 cm³/mol. The lowest BCUT2D eigenvalue weighted by atomic mass is 10.1. The van der Waals surface area contributed by atoms with Crippen LogP contribution in [0, 0.1) is 0 Å². The molecule has 114 valence electrons. The van der Waals surface area contributed by atoms with Crippen LogP contribution in [0.25, 0.3) is 0 Å². The molecule has 1 rings (SSSR count). The highest BCUT2D eigenvalue weighted by molar-refractivity contribution is 5.45. The standard InChI is InChI=1S/C18H31NO/c1-3-4-5-6-7-8-9-10-14-19-18-13-11-12-17(15-18)16-20-2/h11-13,15,19H,3-10,14,16H2,1-2H3. The van der Waals surface area contributed by atoms with Crippen LogP contribution in [0.3, 0.4) is 0 Å². The minimum atomic E-state index is 0.688. The zero-order chi connectivity index (χ0) is 14.5. The predicted octanol–water partition coefficient (Wildman–Crippen LogP) is 5.39. The van der Waals surface area contributed by atoms with Crippen LogP contribution in [0.15, 0.2) is 24.3 Å².